The first-order valence-corrected chi connectivity index (χ1v) is 7.58. The molecule has 0 radical (unpaired) electrons. The van der Waals surface area contributed by atoms with E-state index >= 15 is 0 Å². The first kappa shape index (κ1) is 17.4. The molecule has 0 fully saturated rings. The van der Waals surface area contributed by atoms with E-state index in [2.05, 4.69) is 21.4 Å². The van der Waals surface area contributed by atoms with Gasteiger partial charge in [-0.05, 0) is 24.3 Å². The number of hydrogen-bond acceptors (Lipinski definition) is 6. The van der Waals surface area contributed by atoms with E-state index in [0.717, 1.165) is 0 Å². The van der Waals surface area contributed by atoms with Crippen molar-refractivity contribution < 1.29 is 17.9 Å². The lowest BCUT2D eigenvalue weighted by Gasteiger charge is -2.06. The molecule has 0 saturated carbocycles. The van der Waals surface area contributed by atoms with Gasteiger partial charge in [-0.2, -0.15) is 5.26 Å². The van der Waals surface area contributed by atoms with E-state index in [-0.39, 0.29) is 17.0 Å². The van der Waals surface area contributed by atoms with Crippen LogP contribution in [0.4, 0.5) is 5.69 Å². The quantitative estimate of drug-likeness (QED) is 0.337. The van der Waals surface area contributed by atoms with Gasteiger partial charge in [0, 0.05) is 18.4 Å². The number of esters is 1. The third kappa shape index (κ3) is 4.73. The van der Waals surface area contributed by atoms with Crippen molar-refractivity contribution in [3.05, 3.63) is 48.7 Å². The smallest absolute Gasteiger partial charge is 0.350 e. The number of anilines is 1. The molecule has 0 aliphatic rings. The molecule has 116 valence electrons. The third-order valence-corrected chi connectivity index (χ3v) is 3.93. The second-order valence-electron chi connectivity index (χ2n) is 3.97. The fourth-order valence-electron chi connectivity index (χ4n) is 1.38. The van der Waals surface area contributed by atoms with Crippen molar-refractivity contribution >= 4 is 21.7 Å². The van der Waals surface area contributed by atoms with Crippen molar-refractivity contribution in [3.63, 3.8) is 0 Å². The second-order valence-corrected chi connectivity index (χ2v) is 5.74. The van der Waals surface area contributed by atoms with Gasteiger partial charge in [0.15, 0.2) is 5.57 Å². The molecule has 0 unspecified atom stereocenters. The molecular formula is C14H15N3O4S. The van der Waals surface area contributed by atoms with Crippen molar-refractivity contribution in [2.45, 2.75) is 4.90 Å². The maximum Gasteiger partial charge on any atom is 0.350 e. The van der Waals surface area contributed by atoms with Crippen LogP contribution in [0.5, 0.6) is 0 Å². The highest BCUT2D eigenvalue weighted by Gasteiger charge is 2.12. The molecule has 0 aromatic heterocycles. The van der Waals surface area contributed by atoms with Crippen LogP contribution in [-0.4, -0.2) is 28.0 Å². The molecule has 0 heterocycles. The summed E-state index contributed by atoms with van der Waals surface area (Å²) in [5.41, 5.74) is 0.311. The van der Waals surface area contributed by atoms with Crippen LogP contribution in [0.2, 0.25) is 0 Å². The van der Waals surface area contributed by atoms with Gasteiger partial charge >= 0.3 is 5.97 Å². The molecule has 2 N–H and O–H groups in total. The zero-order chi connectivity index (χ0) is 16.6. The number of rotatable bonds is 7. The summed E-state index contributed by atoms with van der Waals surface area (Å²) < 4.78 is 30.5. The Balaban J connectivity index is 2.86. The van der Waals surface area contributed by atoms with Gasteiger partial charge in [0.05, 0.1) is 12.0 Å². The van der Waals surface area contributed by atoms with Gasteiger partial charge in [0.2, 0.25) is 10.0 Å². The van der Waals surface area contributed by atoms with Crippen LogP contribution in [0.25, 0.3) is 0 Å². The SMILES string of the molecule is C=CCNS(=O)(=O)c1ccc(N/C=C(\C#N)C(=O)OC)cc1. The lowest BCUT2D eigenvalue weighted by molar-refractivity contribution is -0.135. The monoisotopic (exact) mass is 321 g/mol. The number of nitriles is 1. The Kier molecular flexibility index (Phi) is 6.31. The topological polar surface area (TPSA) is 108 Å². The number of carbonyl (C=O) groups excluding carboxylic acids is 1. The Morgan fingerprint density at radius 3 is 2.55 bits per heavy atom. The maximum atomic E-state index is 11.8. The van der Waals surface area contributed by atoms with Crippen LogP contribution < -0.4 is 10.0 Å². The van der Waals surface area contributed by atoms with Crippen LogP contribution in [0.3, 0.4) is 0 Å². The number of benzene rings is 1. The standard InChI is InChI=1S/C14H15N3O4S/c1-3-8-17-22(19,20)13-6-4-12(5-7-13)16-10-11(9-15)14(18)21-2/h3-7,10,16-17H,1,8H2,2H3/b11-10+. The minimum atomic E-state index is -3.58. The summed E-state index contributed by atoms with van der Waals surface area (Å²) in [6.45, 7) is 3.57. The predicted octanol–water partition coefficient (Wildman–Crippen LogP) is 1.14. The van der Waals surface area contributed by atoms with E-state index in [4.69, 9.17) is 5.26 Å². The number of nitrogens with zero attached hydrogens (tertiary/aromatic N) is 1. The first-order chi connectivity index (χ1) is 10.4. The Bertz CT molecular complexity index is 715. The summed E-state index contributed by atoms with van der Waals surface area (Å²) in [5.74, 6) is -0.761. The molecule has 0 amide bonds. The highest BCUT2D eigenvalue weighted by Crippen LogP contribution is 2.14. The van der Waals surface area contributed by atoms with Gasteiger partial charge in [0.25, 0.3) is 0 Å². The zero-order valence-electron chi connectivity index (χ0n) is 11.9. The average molecular weight is 321 g/mol. The molecule has 1 rings (SSSR count). The second kappa shape index (κ2) is 7.97. The molecule has 7 nitrogen and oxygen atoms in total. The zero-order valence-corrected chi connectivity index (χ0v) is 12.7. The molecular weight excluding hydrogens is 306 g/mol. The van der Waals surface area contributed by atoms with E-state index in [9.17, 15) is 13.2 Å². The van der Waals surface area contributed by atoms with Gasteiger partial charge in [-0.3, -0.25) is 0 Å². The minimum absolute atomic E-state index is 0.0948. The maximum absolute atomic E-state index is 11.8. The van der Waals surface area contributed by atoms with Crippen molar-refractivity contribution in [2.24, 2.45) is 0 Å². The minimum Gasteiger partial charge on any atom is -0.465 e. The fourth-order valence-corrected chi connectivity index (χ4v) is 2.38. The van der Waals surface area contributed by atoms with Crippen LogP contribution in [0.1, 0.15) is 0 Å². The Hall–Kier alpha value is -2.63. The predicted molar refractivity (Wildman–Crippen MR) is 81.2 cm³/mol. The summed E-state index contributed by atoms with van der Waals surface area (Å²) in [4.78, 5) is 11.3. The third-order valence-electron chi connectivity index (χ3n) is 2.49. The molecule has 0 bridgehead atoms. The summed E-state index contributed by atoms with van der Waals surface area (Å²) in [6.07, 6.45) is 2.62. The number of sulfonamides is 1. The van der Waals surface area contributed by atoms with Gasteiger partial charge in [-0.1, -0.05) is 6.08 Å². The van der Waals surface area contributed by atoms with Crippen LogP contribution in [0.15, 0.2) is 53.6 Å². The molecule has 0 atom stereocenters. The molecule has 0 spiro atoms. The van der Waals surface area contributed by atoms with E-state index in [0.29, 0.717) is 5.69 Å². The molecule has 0 aliphatic carbocycles. The molecule has 0 saturated heterocycles. The van der Waals surface area contributed by atoms with Gasteiger partial charge in [-0.15, -0.1) is 6.58 Å². The molecule has 0 aliphatic heterocycles. The van der Waals surface area contributed by atoms with Crippen LogP contribution >= 0.6 is 0 Å². The largest absolute Gasteiger partial charge is 0.465 e. The molecule has 22 heavy (non-hydrogen) atoms. The van der Waals surface area contributed by atoms with E-state index in [1.165, 1.54) is 43.7 Å². The fraction of sp³-hybridized carbons (Fsp3) is 0.143. The summed E-state index contributed by atoms with van der Waals surface area (Å²) >= 11 is 0. The number of methoxy groups -OCH3 is 1. The normalized spacial score (nSPS) is 11.4. The highest BCUT2D eigenvalue weighted by molar-refractivity contribution is 7.89. The van der Waals surface area contributed by atoms with Crippen molar-refractivity contribution in [1.82, 2.24) is 4.72 Å². The van der Waals surface area contributed by atoms with Crippen LogP contribution in [0, 0.1) is 11.3 Å². The summed E-state index contributed by atoms with van der Waals surface area (Å²) in [6, 6.07) is 7.49. The van der Waals surface area contributed by atoms with Crippen molar-refractivity contribution in [3.8, 4) is 6.07 Å². The summed E-state index contributed by atoms with van der Waals surface area (Å²) in [5, 5.41) is 11.5. The van der Waals surface area contributed by atoms with E-state index < -0.39 is 16.0 Å². The lowest BCUT2D eigenvalue weighted by atomic mass is 10.3. The number of nitrogens with one attached hydrogen (secondary N) is 2. The van der Waals surface area contributed by atoms with Gasteiger partial charge in [-0.25, -0.2) is 17.9 Å². The molecule has 1 aromatic rings. The number of hydrogen-bond donors (Lipinski definition) is 2. The van der Waals surface area contributed by atoms with E-state index in [1.807, 2.05) is 0 Å². The van der Waals surface area contributed by atoms with E-state index in [1.54, 1.807) is 6.07 Å². The molecule has 1 aromatic carbocycles. The molecule has 8 heteroatoms. The van der Waals surface area contributed by atoms with Gasteiger partial charge in [0.1, 0.15) is 6.07 Å². The van der Waals surface area contributed by atoms with Crippen molar-refractivity contribution in [2.75, 3.05) is 19.0 Å². The van der Waals surface area contributed by atoms with Gasteiger partial charge < -0.3 is 10.1 Å². The first-order valence-electron chi connectivity index (χ1n) is 6.10. The highest BCUT2D eigenvalue weighted by atomic mass is 32.2. The summed E-state index contributed by atoms with van der Waals surface area (Å²) in [7, 11) is -2.41. The van der Waals surface area contributed by atoms with Crippen molar-refractivity contribution in [1.29, 1.82) is 5.26 Å². The number of carbonyl (C=O) groups is 1. The Labute approximate surface area is 128 Å². The number of ether oxygens (including phenoxy) is 1. The lowest BCUT2D eigenvalue weighted by Crippen LogP contribution is -2.23. The van der Waals surface area contributed by atoms with Crippen LogP contribution in [-0.2, 0) is 19.6 Å². The Morgan fingerprint density at radius 1 is 1.41 bits per heavy atom. The average Bonchev–Trinajstić information content (AvgIpc) is 2.53. The Morgan fingerprint density at radius 2 is 2.05 bits per heavy atom.